The lowest BCUT2D eigenvalue weighted by atomic mass is 10.3. The van der Waals surface area contributed by atoms with E-state index in [-0.39, 0.29) is 36.8 Å². The fourth-order valence-electron chi connectivity index (χ4n) is 1.46. The van der Waals surface area contributed by atoms with Crippen LogP contribution in [0.5, 0.6) is 0 Å². The number of hydrogen-bond acceptors (Lipinski definition) is 5. The summed E-state index contributed by atoms with van der Waals surface area (Å²) >= 11 is 3.05. The number of carbonyl (C=O) groups is 1. The summed E-state index contributed by atoms with van der Waals surface area (Å²) in [4.78, 5) is 18.2. The van der Waals surface area contributed by atoms with Gasteiger partial charge in [-0.2, -0.15) is 0 Å². The Hall–Kier alpha value is -0.660. The van der Waals surface area contributed by atoms with Crippen LogP contribution in [-0.4, -0.2) is 23.5 Å². The molecule has 0 aliphatic rings. The minimum Gasteiger partial charge on any atom is -0.348 e. The maximum absolute atomic E-state index is 12.0. The van der Waals surface area contributed by atoms with Crippen molar-refractivity contribution >= 4 is 53.4 Å². The second-order valence-electron chi connectivity index (χ2n) is 4.02. The molecule has 1 amide bonds. The molecule has 3 N–H and O–H groups in total. The molecule has 112 valence electrons. The first-order valence-electron chi connectivity index (χ1n) is 5.64. The van der Waals surface area contributed by atoms with Crippen molar-refractivity contribution < 1.29 is 4.79 Å². The normalized spacial score (nSPS) is 11.2. The monoisotopic (exact) mass is 353 g/mol. The largest absolute Gasteiger partial charge is 0.348 e. The van der Waals surface area contributed by atoms with Gasteiger partial charge in [-0.05, 0) is 25.3 Å². The van der Waals surface area contributed by atoms with Crippen LogP contribution in [0, 0.1) is 6.92 Å². The summed E-state index contributed by atoms with van der Waals surface area (Å²) < 4.78 is 0. The minimum absolute atomic E-state index is 0. The number of nitrogens with zero attached hydrogens (tertiary/aromatic N) is 1. The molecule has 0 aromatic carbocycles. The standard InChI is InChI=1S/C12H15N3OS2.2ClH/c1-7(6-13)14-11(16)10-8(2)15-12(18-10)9-4-3-5-17-9;;/h3-5,7H,6,13H2,1-2H3,(H,14,16);2*1H/t7-;;/m0../s1. The zero-order valence-corrected chi connectivity index (χ0v) is 14.3. The van der Waals surface area contributed by atoms with Crippen LogP contribution < -0.4 is 11.1 Å². The molecule has 0 radical (unpaired) electrons. The molecule has 0 unspecified atom stereocenters. The van der Waals surface area contributed by atoms with Gasteiger partial charge in [0.1, 0.15) is 9.88 Å². The van der Waals surface area contributed by atoms with Gasteiger partial charge in [0, 0.05) is 12.6 Å². The first-order valence-corrected chi connectivity index (χ1v) is 7.33. The molecule has 0 spiro atoms. The van der Waals surface area contributed by atoms with Gasteiger partial charge >= 0.3 is 0 Å². The number of halogens is 2. The van der Waals surface area contributed by atoms with Crippen LogP contribution in [0.2, 0.25) is 0 Å². The van der Waals surface area contributed by atoms with E-state index in [1.807, 2.05) is 31.4 Å². The second kappa shape index (κ2) is 8.59. The van der Waals surface area contributed by atoms with E-state index in [4.69, 9.17) is 5.73 Å². The second-order valence-corrected chi connectivity index (χ2v) is 5.97. The number of amides is 1. The Morgan fingerprint density at radius 2 is 2.20 bits per heavy atom. The molecule has 0 saturated carbocycles. The SMILES string of the molecule is Cc1nc(-c2cccs2)sc1C(=O)N[C@@H](C)CN.Cl.Cl. The van der Waals surface area contributed by atoms with E-state index in [0.29, 0.717) is 11.4 Å². The van der Waals surface area contributed by atoms with Gasteiger partial charge in [-0.1, -0.05) is 6.07 Å². The fraction of sp³-hybridized carbons (Fsp3) is 0.333. The summed E-state index contributed by atoms with van der Waals surface area (Å²) in [6, 6.07) is 3.96. The highest BCUT2D eigenvalue weighted by molar-refractivity contribution is 7.22. The van der Waals surface area contributed by atoms with Crippen molar-refractivity contribution in [2.24, 2.45) is 5.73 Å². The predicted octanol–water partition coefficient (Wildman–Crippen LogP) is 3.10. The van der Waals surface area contributed by atoms with E-state index >= 15 is 0 Å². The van der Waals surface area contributed by atoms with Gasteiger partial charge < -0.3 is 11.1 Å². The number of thiophene rings is 1. The van der Waals surface area contributed by atoms with E-state index in [1.54, 1.807) is 11.3 Å². The van der Waals surface area contributed by atoms with Crippen molar-refractivity contribution in [3.63, 3.8) is 0 Å². The van der Waals surface area contributed by atoms with E-state index in [2.05, 4.69) is 10.3 Å². The van der Waals surface area contributed by atoms with Gasteiger partial charge in [0.15, 0.2) is 0 Å². The first kappa shape index (κ1) is 19.3. The van der Waals surface area contributed by atoms with E-state index in [1.165, 1.54) is 11.3 Å². The van der Waals surface area contributed by atoms with Crippen LogP contribution >= 0.6 is 47.5 Å². The highest BCUT2D eigenvalue weighted by Crippen LogP contribution is 2.30. The number of thiazole rings is 1. The van der Waals surface area contributed by atoms with Crippen molar-refractivity contribution in [3.05, 3.63) is 28.1 Å². The molecule has 1 atom stereocenters. The lowest BCUT2D eigenvalue weighted by Crippen LogP contribution is -2.37. The topological polar surface area (TPSA) is 68.0 Å². The number of nitrogens with two attached hydrogens (primary N) is 1. The summed E-state index contributed by atoms with van der Waals surface area (Å²) in [7, 11) is 0. The lowest BCUT2D eigenvalue weighted by molar-refractivity contribution is 0.0944. The zero-order chi connectivity index (χ0) is 13.1. The number of aromatic nitrogens is 1. The molecule has 2 aromatic rings. The molecule has 0 aliphatic heterocycles. The van der Waals surface area contributed by atoms with Gasteiger partial charge in [-0.3, -0.25) is 4.79 Å². The van der Waals surface area contributed by atoms with Crippen LogP contribution in [0.25, 0.3) is 9.88 Å². The molecule has 0 bridgehead atoms. The van der Waals surface area contributed by atoms with Gasteiger partial charge in [0.05, 0.1) is 10.6 Å². The Balaban J connectivity index is 0.00000180. The lowest BCUT2D eigenvalue weighted by Gasteiger charge is -2.09. The van der Waals surface area contributed by atoms with Crippen molar-refractivity contribution in [1.29, 1.82) is 0 Å². The van der Waals surface area contributed by atoms with Crippen LogP contribution in [0.1, 0.15) is 22.3 Å². The number of hydrogen-bond donors (Lipinski definition) is 2. The van der Waals surface area contributed by atoms with Crippen molar-refractivity contribution in [2.45, 2.75) is 19.9 Å². The molecular formula is C12H17Cl2N3OS2. The minimum atomic E-state index is -0.0919. The Morgan fingerprint density at radius 3 is 2.75 bits per heavy atom. The number of aryl methyl sites for hydroxylation is 1. The van der Waals surface area contributed by atoms with Crippen LogP contribution in [0.4, 0.5) is 0 Å². The van der Waals surface area contributed by atoms with E-state index in [0.717, 1.165) is 15.6 Å². The third-order valence-electron chi connectivity index (χ3n) is 2.47. The average Bonchev–Trinajstić information content (AvgIpc) is 2.97. The fourth-order valence-corrected chi connectivity index (χ4v) is 3.23. The van der Waals surface area contributed by atoms with Gasteiger partial charge in [-0.25, -0.2) is 4.98 Å². The van der Waals surface area contributed by atoms with Gasteiger partial charge in [0.2, 0.25) is 0 Å². The average molecular weight is 354 g/mol. The van der Waals surface area contributed by atoms with Gasteiger partial charge in [0.25, 0.3) is 5.91 Å². The smallest absolute Gasteiger partial charge is 0.263 e. The third-order valence-corrected chi connectivity index (χ3v) is 4.66. The van der Waals surface area contributed by atoms with Crippen LogP contribution in [0.15, 0.2) is 17.5 Å². The first-order chi connectivity index (χ1) is 8.61. The van der Waals surface area contributed by atoms with Gasteiger partial charge in [-0.15, -0.1) is 47.5 Å². The molecule has 2 heterocycles. The Bertz CT molecular complexity index is 543. The molecule has 0 aliphatic carbocycles. The van der Waals surface area contributed by atoms with Crippen molar-refractivity contribution in [2.75, 3.05) is 6.54 Å². The third kappa shape index (κ3) is 4.43. The molecule has 2 aromatic heterocycles. The number of nitrogens with one attached hydrogen (secondary N) is 1. The van der Waals surface area contributed by atoms with E-state index < -0.39 is 0 Å². The van der Waals surface area contributed by atoms with Crippen molar-refractivity contribution in [3.8, 4) is 9.88 Å². The Morgan fingerprint density at radius 1 is 1.50 bits per heavy atom. The van der Waals surface area contributed by atoms with Crippen LogP contribution in [-0.2, 0) is 0 Å². The molecular weight excluding hydrogens is 337 g/mol. The Kier molecular flexibility index (Phi) is 8.30. The van der Waals surface area contributed by atoms with Crippen molar-refractivity contribution in [1.82, 2.24) is 10.3 Å². The summed E-state index contributed by atoms with van der Waals surface area (Å²) in [5, 5.41) is 5.75. The maximum Gasteiger partial charge on any atom is 0.263 e. The summed E-state index contributed by atoms with van der Waals surface area (Å²) in [5.74, 6) is -0.0919. The summed E-state index contributed by atoms with van der Waals surface area (Å²) in [5.41, 5.74) is 6.26. The van der Waals surface area contributed by atoms with Crippen LogP contribution in [0.3, 0.4) is 0 Å². The quantitative estimate of drug-likeness (QED) is 0.887. The molecule has 0 fully saturated rings. The molecule has 0 saturated heterocycles. The van der Waals surface area contributed by atoms with E-state index in [9.17, 15) is 4.79 Å². The maximum atomic E-state index is 12.0. The number of rotatable bonds is 4. The molecule has 8 heteroatoms. The number of carbonyl (C=O) groups excluding carboxylic acids is 1. The Labute approximate surface area is 138 Å². The zero-order valence-electron chi connectivity index (χ0n) is 11.1. The summed E-state index contributed by atoms with van der Waals surface area (Å²) in [6.45, 7) is 4.17. The molecule has 4 nitrogen and oxygen atoms in total. The molecule has 2 rings (SSSR count). The summed E-state index contributed by atoms with van der Waals surface area (Å²) in [6.07, 6.45) is 0. The highest BCUT2D eigenvalue weighted by Gasteiger charge is 2.17. The molecule has 20 heavy (non-hydrogen) atoms. The predicted molar refractivity (Wildman–Crippen MR) is 90.6 cm³/mol. The highest BCUT2D eigenvalue weighted by atomic mass is 35.5.